The molecular formula is C33H32FNO6. The number of carbonyl (C=O) groups is 1. The van der Waals surface area contributed by atoms with Gasteiger partial charge in [0.25, 0.3) is 5.95 Å². The van der Waals surface area contributed by atoms with Gasteiger partial charge in [-0.05, 0) is 74.7 Å². The zero-order chi connectivity index (χ0) is 29.3. The minimum absolute atomic E-state index is 0.0179. The molecule has 1 aromatic heterocycles. The third kappa shape index (κ3) is 5.77. The fraction of sp³-hybridized carbons (Fsp3) is 0.242. The predicted molar refractivity (Wildman–Crippen MR) is 155 cm³/mol. The molecular weight excluding hydrogens is 525 g/mol. The highest BCUT2D eigenvalue weighted by Crippen LogP contribution is 2.43. The molecule has 7 nitrogen and oxygen atoms in total. The van der Waals surface area contributed by atoms with E-state index in [1.807, 2.05) is 25.1 Å². The molecule has 1 aliphatic heterocycles. The van der Waals surface area contributed by atoms with Crippen molar-refractivity contribution in [1.82, 2.24) is 0 Å². The minimum atomic E-state index is -0.661. The summed E-state index contributed by atoms with van der Waals surface area (Å²) in [5.74, 6) is 0.471. The number of fused-ring (bicyclic) bond motifs is 1. The van der Waals surface area contributed by atoms with Gasteiger partial charge in [0, 0.05) is 40.6 Å². The minimum Gasteiger partial charge on any atom is -0.496 e. The predicted octanol–water partition coefficient (Wildman–Crippen LogP) is 7.82. The van der Waals surface area contributed by atoms with Crippen molar-refractivity contribution in [2.24, 2.45) is 0 Å². The van der Waals surface area contributed by atoms with Crippen LogP contribution in [0.2, 0.25) is 0 Å². The second kappa shape index (κ2) is 11.0. The van der Waals surface area contributed by atoms with Crippen LogP contribution in [0.3, 0.4) is 0 Å². The Morgan fingerprint density at radius 2 is 1.71 bits per heavy atom. The van der Waals surface area contributed by atoms with Crippen LogP contribution in [0.1, 0.15) is 48.0 Å². The lowest BCUT2D eigenvalue weighted by Crippen LogP contribution is -2.32. The molecule has 0 bridgehead atoms. The Bertz CT molecular complexity index is 1650. The lowest BCUT2D eigenvalue weighted by molar-refractivity contribution is 0.0694. The van der Waals surface area contributed by atoms with Crippen molar-refractivity contribution in [2.75, 3.05) is 19.5 Å². The number of rotatable bonds is 8. The molecule has 1 N–H and O–H groups in total. The monoisotopic (exact) mass is 557 g/mol. The van der Waals surface area contributed by atoms with Crippen LogP contribution in [0.4, 0.5) is 10.1 Å². The third-order valence-corrected chi connectivity index (χ3v) is 6.92. The number of furan rings is 1. The number of anilines is 1. The summed E-state index contributed by atoms with van der Waals surface area (Å²) in [4.78, 5) is 12.6. The number of benzene rings is 3. The van der Waals surface area contributed by atoms with E-state index in [1.165, 1.54) is 31.4 Å². The number of halogens is 1. The maximum Gasteiger partial charge on any atom is 0.379 e. The number of esters is 1. The summed E-state index contributed by atoms with van der Waals surface area (Å²) in [7, 11) is 3.01. The quantitative estimate of drug-likeness (QED) is 0.175. The van der Waals surface area contributed by atoms with Gasteiger partial charge in [0.1, 0.15) is 29.7 Å². The van der Waals surface area contributed by atoms with E-state index >= 15 is 0 Å². The van der Waals surface area contributed by atoms with Crippen molar-refractivity contribution >= 4 is 17.2 Å². The Kier molecular flexibility index (Phi) is 7.49. The molecule has 41 heavy (non-hydrogen) atoms. The van der Waals surface area contributed by atoms with Crippen molar-refractivity contribution < 1.29 is 32.5 Å². The second-order valence-corrected chi connectivity index (χ2v) is 10.5. The zero-order valence-corrected chi connectivity index (χ0v) is 23.9. The van der Waals surface area contributed by atoms with Gasteiger partial charge in [0.05, 0.1) is 19.8 Å². The van der Waals surface area contributed by atoms with Gasteiger partial charge in [0.15, 0.2) is 0 Å². The number of aryl methyl sites for hydroxylation is 1. The van der Waals surface area contributed by atoms with E-state index in [4.69, 9.17) is 23.4 Å². The topological polar surface area (TPSA) is 79.2 Å². The van der Waals surface area contributed by atoms with E-state index in [0.29, 0.717) is 11.5 Å². The van der Waals surface area contributed by atoms with Crippen LogP contribution in [-0.2, 0) is 6.61 Å². The number of hydrogen-bond donors (Lipinski definition) is 1. The zero-order valence-electron chi connectivity index (χ0n) is 23.9. The van der Waals surface area contributed by atoms with Gasteiger partial charge in [0.2, 0.25) is 5.76 Å². The Morgan fingerprint density at radius 1 is 0.927 bits per heavy atom. The fourth-order valence-corrected chi connectivity index (χ4v) is 5.14. The summed E-state index contributed by atoms with van der Waals surface area (Å²) in [6, 6.07) is 16.8. The molecule has 2 heterocycles. The van der Waals surface area contributed by atoms with Crippen LogP contribution in [0.5, 0.6) is 23.2 Å². The smallest absolute Gasteiger partial charge is 0.379 e. The second-order valence-electron chi connectivity index (χ2n) is 10.5. The maximum absolute atomic E-state index is 14.0. The maximum atomic E-state index is 14.0. The lowest BCUT2D eigenvalue weighted by Gasteiger charge is -2.33. The summed E-state index contributed by atoms with van der Waals surface area (Å²) in [5, 5.41) is 3.59. The van der Waals surface area contributed by atoms with Crippen molar-refractivity contribution in [2.45, 2.75) is 39.8 Å². The molecule has 8 heteroatoms. The number of hydrogen-bond acceptors (Lipinski definition) is 7. The Morgan fingerprint density at radius 3 is 2.44 bits per heavy atom. The van der Waals surface area contributed by atoms with Crippen LogP contribution < -0.4 is 24.3 Å². The number of carbonyl (C=O) groups excluding carboxylic acids is 1. The average Bonchev–Trinajstić information content (AvgIpc) is 3.42. The summed E-state index contributed by atoms with van der Waals surface area (Å²) >= 11 is 0. The van der Waals surface area contributed by atoms with Crippen LogP contribution >= 0.6 is 0 Å². The van der Waals surface area contributed by atoms with Crippen molar-refractivity contribution in [3.05, 3.63) is 95.0 Å². The average molecular weight is 558 g/mol. The highest BCUT2D eigenvalue weighted by Gasteiger charge is 2.27. The molecule has 212 valence electrons. The van der Waals surface area contributed by atoms with Crippen LogP contribution in [-0.4, -0.2) is 25.7 Å². The number of ether oxygens (including phenoxy) is 4. The first-order valence-corrected chi connectivity index (χ1v) is 13.2. The van der Waals surface area contributed by atoms with Gasteiger partial charge in [-0.15, -0.1) is 0 Å². The molecule has 4 aromatic rings. The summed E-state index contributed by atoms with van der Waals surface area (Å²) in [6.07, 6.45) is 2.18. The first kappa shape index (κ1) is 27.8. The van der Waals surface area contributed by atoms with E-state index in [9.17, 15) is 9.18 Å². The SMILES string of the molecule is COc1ccc(C(=O)Oc2ccc(-c3ccc4c(c3COc3cc(F)ccc3C)C(C)=CC(C)(C)N4)c(OC)c2)o1. The molecule has 0 aliphatic carbocycles. The van der Waals surface area contributed by atoms with E-state index in [2.05, 4.69) is 32.2 Å². The van der Waals surface area contributed by atoms with Gasteiger partial charge in [-0.3, -0.25) is 0 Å². The first-order valence-electron chi connectivity index (χ1n) is 13.2. The summed E-state index contributed by atoms with van der Waals surface area (Å²) in [5.41, 5.74) is 6.26. The Hall–Kier alpha value is -4.72. The molecule has 0 amide bonds. The van der Waals surface area contributed by atoms with Crippen molar-refractivity contribution in [1.29, 1.82) is 0 Å². The summed E-state index contributed by atoms with van der Waals surface area (Å²) < 4.78 is 41.8. The van der Waals surface area contributed by atoms with E-state index < -0.39 is 5.97 Å². The van der Waals surface area contributed by atoms with Gasteiger partial charge < -0.3 is 28.7 Å². The molecule has 0 atom stereocenters. The third-order valence-electron chi connectivity index (χ3n) is 6.92. The van der Waals surface area contributed by atoms with E-state index in [0.717, 1.165) is 39.1 Å². The molecule has 0 unspecified atom stereocenters. The summed E-state index contributed by atoms with van der Waals surface area (Å²) in [6.45, 7) is 8.37. The molecule has 1 aliphatic rings. The molecule has 0 radical (unpaired) electrons. The molecule has 3 aromatic carbocycles. The Balaban J connectivity index is 1.55. The molecule has 0 saturated heterocycles. The normalized spacial score (nSPS) is 13.5. The largest absolute Gasteiger partial charge is 0.496 e. The van der Waals surface area contributed by atoms with Gasteiger partial charge in [-0.25, -0.2) is 9.18 Å². The van der Waals surface area contributed by atoms with E-state index in [-0.39, 0.29) is 35.4 Å². The van der Waals surface area contributed by atoms with Gasteiger partial charge in [-0.2, -0.15) is 0 Å². The highest BCUT2D eigenvalue weighted by atomic mass is 19.1. The molecule has 5 rings (SSSR count). The molecule has 0 fully saturated rings. The number of methoxy groups -OCH3 is 2. The van der Waals surface area contributed by atoms with Crippen LogP contribution in [0.15, 0.2) is 71.2 Å². The fourth-order valence-electron chi connectivity index (χ4n) is 5.14. The molecule has 0 saturated carbocycles. The first-order chi connectivity index (χ1) is 19.6. The Labute approximate surface area is 238 Å². The van der Waals surface area contributed by atoms with Crippen LogP contribution in [0, 0.1) is 12.7 Å². The molecule has 0 spiro atoms. The van der Waals surface area contributed by atoms with Crippen molar-refractivity contribution in [3.8, 4) is 34.3 Å². The van der Waals surface area contributed by atoms with Crippen molar-refractivity contribution in [3.63, 3.8) is 0 Å². The van der Waals surface area contributed by atoms with Gasteiger partial charge in [-0.1, -0.05) is 18.2 Å². The van der Waals surface area contributed by atoms with E-state index in [1.54, 1.807) is 25.3 Å². The number of nitrogens with one attached hydrogen (secondary N) is 1. The highest BCUT2D eigenvalue weighted by molar-refractivity contribution is 5.90. The standard InChI is InChI=1S/C33H32FNO6/c1-19-7-8-21(34)15-28(19)39-18-25-23(11-12-26-31(25)20(2)17-33(3,4)35-26)24-10-9-22(16-29(24)37-5)40-32(36)27-13-14-30(38-6)41-27/h7-17,35H,18H2,1-6H3. The van der Waals surface area contributed by atoms with Crippen LogP contribution in [0.25, 0.3) is 16.7 Å². The van der Waals surface area contributed by atoms with Gasteiger partial charge >= 0.3 is 5.97 Å². The number of allylic oxidation sites excluding steroid dienone is 1. The lowest BCUT2D eigenvalue weighted by atomic mass is 9.85.